The summed E-state index contributed by atoms with van der Waals surface area (Å²) in [6.07, 6.45) is 0.175. The quantitative estimate of drug-likeness (QED) is 0.00988. The number of guanidine groups is 4. The van der Waals surface area contributed by atoms with E-state index in [1.165, 1.54) is 97.1 Å². The van der Waals surface area contributed by atoms with Gasteiger partial charge in [-0.15, -0.1) is 0 Å². The Morgan fingerprint density at radius 1 is 0.277 bits per heavy atom. The van der Waals surface area contributed by atoms with Crippen LogP contribution in [-0.2, 0) is 83.2 Å². The van der Waals surface area contributed by atoms with Gasteiger partial charge in [0, 0.05) is 39.0 Å². The number of benzene rings is 4. The van der Waals surface area contributed by atoms with E-state index in [1.54, 1.807) is 27.7 Å². The predicted molar refractivity (Wildman–Crippen MR) is 495 cm³/mol. The van der Waals surface area contributed by atoms with E-state index in [0.717, 1.165) is 0 Å². The number of nitrogens with two attached hydrogens (primary N) is 8. The smallest absolute Gasteiger partial charge is 0.250 e. The van der Waals surface area contributed by atoms with Crippen LogP contribution in [0.3, 0.4) is 0 Å². The van der Waals surface area contributed by atoms with Crippen LogP contribution in [0.25, 0.3) is 0 Å². The van der Waals surface area contributed by atoms with E-state index >= 15 is 0 Å². The molecule has 0 bridgehead atoms. The third-order valence-electron chi connectivity index (χ3n) is 19.3. The lowest BCUT2D eigenvalue weighted by Gasteiger charge is -2.28. The summed E-state index contributed by atoms with van der Waals surface area (Å²) in [5.74, 6) is -12.4. The third-order valence-corrected chi connectivity index (χ3v) is 19.3. The highest BCUT2D eigenvalue weighted by Gasteiger charge is 2.36. The van der Waals surface area contributed by atoms with Crippen molar-refractivity contribution in [3.05, 3.63) is 119 Å². The molecule has 0 fully saturated rings. The molecular formula is C86H144N28O16. The van der Waals surface area contributed by atoms with Crippen molar-refractivity contribution in [1.29, 1.82) is 21.6 Å². The van der Waals surface area contributed by atoms with Crippen molar-refractivity contribution in [3.8, 4) is 23.0 Å². The maximum atomic E-state index is 14.6. The molecule has 40 N–H and O–H groups in total. The van der Waals surface area contributed by atoms with Crippen molar-refractivity contribution >= 4 is 94.7 Å². The largest absolute Gasteiger partial charge is 0.508 e. The minimum atomic E-state index is -1.42. The van der Waals surface area contributed by atoms with Gasteiger partial charge in [0.15, 0.2) is 23.8 Å². The number of carbonyl (C=O) groups excluding carboxylic acids is 12. The van der Waals surface area contributed by atoms with Gasteiger partial charge in [-0.05, 0) is 173 Å². The zero-order valence-corrected chi connectivity index (χ0v) is 76.2. The van der Waals surface area contributed by atoms with Gasteiger partial charge in [-0.3, -0.25) is 90.0 Å². The van der Waals surface area contributed by atoms with Gasteiger partial charge in [0.1, 0.15) is 83.4 Å². The summed E-state index contributed by atoms with van der Waals surface area (Å²) in [5.41, 5.74) is 58.7. The molecule has 12 atom stereocenters. The number of phenols is 4. The van der Waals surface area contributed by atoms with Crippen molar-refractivity contribution in [1.82, 2.24) is 85.5 Å². The van der Waals surface area contributed by atoms with Crippen LogP contribution in [0.4, 0.5) is 0 Å². The Balaban J connectivity index is 0.0000138. The van der Waals surface area contributed by atoms with Crippen LogP contribution in [0.5, 0.6) is 23.0 Å². The first-order valence-corrected chi connectivity index (χ1v) is 43.7. The minimum Gasteiger partial charge on any atom is -0.508 e. The summed E-state index contributed by atoms with van der Waals surface area (Å²) in [5, 5.41) is 102. The molecule has 0 saturated heterocycles. The second-order valence-electron chi connectivity index (χ2n) is 30.8. The average Bonchev–Trinajstić information content (AvgIpc) is 0.849. The summed E-state index contributed by atoms with van der Waals surface area (Å²) in [4.78, 5) is 168. The van der Waals surface area contributed by atoms with E-state index in [4.69, 9.17) is 67.5 Å². The SMILES string of the molecule is CC.CC.CC.CC(C)CC(NC(=O)[C@H](CCCNC(=N)N)NC(=O)C(Cc1ccc(O)cc1)NNC(=O)C(N)CCCCC(N)C(=O)NNC(Cc1ccc(O)cc1)C(=O)N[C@@H](CCCNC(=N)N)C(=O)NC(CC(C)C)C(=O)N[C@@H](CCCNC(=N)N)C(=O)NC(Cc1ccc(O)cc1)C(N)=O)C(=O)N[C@@H](CCCNC(=N)N)C(=O)NC(Cc1ccc(O)cc1)C(N)=O. The molecule has 4 aromatic rings. The van der Waals surface area contributed by atoms with Gasteiger partial charge >= 0.3 is 0 Å². The van der Waals surface area contributed by atoms with E-state index in [1.807, 2.05) is 41.5 Å². The molecule has 0 aromatic heterocycles. The van der Waals surface area contributed by atoms with Crippen LogP contribution in [0.15, 0.2) is 97.1 Å². The lowest BCUT2D eigenvalue weighted by atomic mass is 10.00. The molecule has 0 saturated carbocycles. The zero-order valence-electron chi connectivity index (χ0n) is 76.2. The topological polar surface area (TPSA) is 782 Å². The number of unbranched alkanes of at least 4 members (excludes halogenated alkanes) is 1. The molecule has 4 rings (SSSR count). The molecule has 0 heterocycles. The van der Waals surface area contributed by atoms with E-state index < -0.39 is 143 Å². The second-order valence-corrected chi connectivity index (χ2v) is 30.8. The van der Waals surface area contributed by atoms with E-state index in [2.05, 4.69) is 85.5 Å². The number of amides is 12. The lowest BCUT2D eigenvalue weighted by Crippen LogP contribution is -2.60. The fraction of sp³-hybridized carbons (Fsp3) is 0.535. The van der Waals surface area contributed by atoms with Crippen LogP contribution >= 0.6 is 0 Å². The van der Waals surface area contributed by atoms with E-state index in [-0.39, 0.29) is 200 Å². The van der Waals surface area contributed by atoms with Gasteiger partial charge in [-0.1, -0.05) is 131 Å². The molecule has 44 nitrogen and oxygen atoms in total. The van der Waals surface area contributed by atoms with Crippen molar-refractivity contribution < 1.29 is 78.0 Å². The average molecular weight is 1830 g/mol. The molecule has 724 valence electrons. The molecule has 0 aliphatic rings. The highest BCUT2D eigenvalue weighted by atomic mass is 16.3. The van der Waals surface area contributed by atoms with Crippen LogP contribution < -0.4 is 131 Å². The normalized spacial score (nSPS) is 13.5. The number of hydrazine groups is 2. The highest BCUT2D eigenvalue weighted by Crippen LogP contribution is 2.19. The maximum absolute atomic E-state index is 14.6. The summed E-state index contributed by atoms with van der Waals surface area (Å²) in [7, 11) is 0. The number of aromatic hydroxyl groups is 4. The van der Waals surface area contributed by atoms with Crippen molar-refractivity contribution in [2.24, 2.45) is 57.7 Å². The van der Waals surface area contributed by atoms with Gasteiger partial charge < -0.3 is 130 Å². The van der Waals surface area contributed by atoms with Crippen molar-refractivity contribution in [2.75, 3.05) is 26.2 Å². The number of hydrogen-bond donors (Lipinski definition) is 32. The monoisotopic (exact) mass is 1830 g/mol. The number of hydrogen-bond acceptors (Lipinski definition) is 24. The van der Waals surface area contributed by atoms with Gasteiger partial charge in [0.05, 0.1) is 12.1 Å². The van der Waals surface area contributed by atoms with Crippen molar-refractivity contribution in [2.45, 2.75) is 257 Å². The molecule has 130 heavy (non-hydrogen) atoms. The molecule has 8 unspecified atom stereocenters. The Bertz CT molecular complexity index is 3930. The predicted octanol–water partition coefficient (Wildman–Crippen LogP) is -1.95. The Labute approximate surface area is 760 Å². The zero-order chi connectivity index (χ0) is 98.1. The molecule has 0 radical (unpaired) electrons. The molecule has 0 aliphatic heterocycles. The fourth-order valence-corrected chi connectivity index (χ4v) is 12.6. The number of phenolic OH excluding ortho intramolecular Hbond substituents is 4. The fourth-order valence-electron chi connectivity index (χ4n) is 12.6. The third kappa shape index (κ3) is 48.0. The van der Waals surface area contributed by atoms with Crippen molar-refractivity contribution in [3.63, 3.8) is 0 Å². The highest BCUT2D eigenvalue weighted by molar-refractivity contribution is 5.98. The summed E-state index contributed by atoms with van der Waals surface area (Å²) >= 11 is 0. The second kappa shape index (κ2) is 63.6. The number of carbonyl (C=O) groups is 12. The molecule has 44 heteroatoms. The van der Waals surface area contributed by atoms with Gasteiger partial charge in [0.2, 0.25) is 59.1 Å². The first-order valence-electron chi connectivity index (χ1n) is 43.7. The first kappa shape index (κ1) is 115. The molecule has 4 aromatic carbocycles. The number of rotatable bonds is 57. The van der Waals surface area contributed by atoms with Crippen LogP contribution in [0.2, 0.25) is 0 Å². The van der Waals surface area contributed by atoms with Gasteiger partial charge in [-0.2, -0.15) is 0 Å². The standard InChI is InChI=1S/C80H126N28O16.3C2H6/c1-43(2)37-61(73(121)97-55(13-7-33-93-77(85)86)69(117)101-59(65(83)113)39-45-17-25-49(109)26-18-45)103-71(119)57(15-9-35-95-79(89)90)99-75(123)63(41-47-21-29-51(111)30-22-47)105-107-67(115)53(81)11-5-6-12-54(82)68(116)108-106-64(42-48-23-31-52(112)32-24-48)76(124)100-58(16-10-36-96-80(91)92)72(120)104-62(38-44(3)4)74(122)98-56(14-8-34-94-78(87)88)70(118)102-60(66(84)114)40-46-19-27-50(110)28-20-46;3*1-2/h17-32,43-44,53-64,105-106,109-112H,5-16,33-42,81-82H2,1-4H3,(H2,83,113)(H2,84,114)(H,97,121)(H,98,122)(H,99,123)(H,100,124)(H,101,117)(H,102,118)(H,103,119)(H,104,120)(H,107,115)(H,108,116)(H4,85,86,93)(H4,87,88,94)(H4,89,90,95)(H4,91,92,96);3*1-2H3/t53?,54?,55-,56-,57-,58-,59?,60?,61?,62?,63?,64?;;;/m0.../s1. The number of nitrogens with one attached hydrogen (secondary N) is 20. The molecule has 12 amide bonds. The van der Waals surface area contributed by atoms with Crippen LogP contribution in [0.1, 0.15) is 181 Å². The summed E-state index contributed by atoms with van der Waals surface area (Å²) in [6.45, 7) is 19.4. The Morgan fingerprint density at radius 3 is 0.677 bits per heavy atom. The van der Waals surface area contributed by atoms with Crippen LogP contribution in [0, 0.1) is 33.5 Å². The molecular weight excluding hydrogens is 1680 g/mol. The van der Waals surface area contributed by atoms with Gasteiger partial charge in [0.25, 0.3) is 11.8 Å². The Hall–Kier alpha value is -13.4. The lowest BCUT2D eigenvalue weighted by molar-refractivity contribution is -0.135. The molecule has 0 aliphatic carbocycles. The Morgan fingerprint density at radius 2 is 0.469 bits per heavy atom. The van der Waals surface area contributed by atoms with E-state index in [0.29, 0.717) is 22.3 Å². The maximum Gasteiger partial charge on any atom is 0.250 e. The molecule has 0 spiro atoms. The van der Waals surface area contributed by atoms with Gasteiger partial charge in [-0.25, -0.2) is 10.9 Å². The summed E-state index contributed by atoms with van der Waals surface area (Å²) < 4.78 is 0. The van der Waals surface area contributed by atoms with Crippen LogP contribution in [-0.4, -0.2) is 214 Å². The van der Waals surface area contributed by atoms with E-state index in [9.17, 15) is 78.0 Å². The Kier molecular flexibility index (Phi) is 56.0. The number of primary amides is 2. The first-order chi connectivity index (χ1) is 61.7. The summed E-state index contributed by atoms with van der Waals surface area (Å²) in [6, 6.07) is 7.18. The minimum absolute atomic E-state index is 0.00357.